The minimum Gasteiger partial charge on any atom is -0.443 e. The molecule has 0 heterocycles. The fraction of sp³-hybridized carbons (Fsp3) is 0.654. The zero-order chi connectivity index (χ0) is 26.0. The maximum Gasteiger partial charge on any atom is 0.430 e. The molecular formula is C26H42N2O5S. The van der Waals surface area contributed by atoms with Crippen LogP contribution in [-0.2, 0) is 20.0 Å². The van der Waals surface area contributed by atoms with Crippen LogP contribution >= 0.6 is 11.8 Å². The molecule has 0 radical (unpaired) electrons. The lowest BCUT2D eigenvalue weighted by Crippen LogP contribution is -2.66. The number of nitrogens with zero attached hydrogens (tertiary/aromatic N) is 1. The second-order valence-electron chi connectivity index (χ2n) is 10.3. The van der Waals surface area contributed by atoms with Crippen molar-refractivity contribution in [3.8, 4) is 0 Å². The van der Waals surface area contributed by atoms with E-state index in [-0.39, 0.29) is 5.25 Å². The van der Waals surface area contributed by atoms with Crippen molar-refractivity contribution in [3.63, 3.8) is 0 Å². The molecule has 0 spiro atoms. The summed E-state index contributed by atoms with van der Waals surface area (Å²) in [6.45, 7) is 14.3. The van der Waals surface area contributed by atoms with E-state index in [1.807, 2.05) is 37.3 Å². The summed E-state index contributed by atoms with van der Waals surface area (Å²) in [5, 5.41) is 0.773. The zero-order valence-corrected chi connectivity index (χ0v) is 22.8. The lowest BCUT2D eigenvalue weighted by molar-refractivity contribution is -0.121. The Morgan fingerprint density at radius 2 is 1.62 bits per heavy atom. The molecule has 0 aliphatic carbocycles. The molecule has 7 nitrogen and oxygen atoms in total. The summed E-state index contributed by atoms with van der Waals surface area (Å²) in [6.07, 6.45) is 1.95. The van der Waals surface area contributed by atoms with Gasteiger partial charge in [0.2, 0.25) is 0 Å². The minimum atomic E-state index is -1.33. The molecule has 0 fully saturated rings. The number of hydrogen-bond donors (Lipinski definition) is 1. The number of ether oxygens (including phenoxy) is 2. The molecule has 2 atom stereocenters. The van der Waals surface area contributed by atoms with Crippen molar-refractivity contribution in [1.29, 1.82) is 0 Å². The predicted molar refractivity (Wildman–Crippen MR) is 138 cm³/mol. The number of carbonyl (C=O) groups is 3. The van der Waals surface area contributed by atoms with Crippen LogP contribution in [0, 0.1) is 0 Å². The molecule has 34 heavy (non-hydrogen) atoms. The highest BCUT2D eigenvalue weighted by Crippen LogP contribution is 2.36. The van der Waals surface area contributed by atoms with E-state index >= 15 is 0 Å². The lowest BCUT2D eigenvalue weighted by Gasteiger charge is -2.44. The van der Waals surface area contributed by atoms with Crippen LogP contribution in [-0.4, -0.2) is 45.5 Å². The molecule has 8 heteroatoms. The van der Waals surface area contributed by atoms with Gasteiger partial charge in [0, 0.05) is 11.0 Å². The van der Waals surface area contributed by atoms with Crippen molar-refractivity contribution < 1.29 is 23.9 Å². The number of unbranched alkanes of at least 4 members (excludes halogenated alkanes) is 1. The predicted octanol–water partition coefficient (Wildman–Crippen LogP) is 6.50. The fourth-order valence-corrected chi connectivity index (χ4v) is 4.93. The van der Waals surface area contributed by atoms with Crippen LogP contribution in [0.15, 0.2) is 30.3 Å². The Hall–Kier alpha value is -2.22. The van der Waals surface area contributed by atoms with Gasteiger partial charge in [-0.2, -0.15) is 11.8 Å². The van der Waals surface area contributed by atoms with E-state index in [1.165, 1.54) is 0 Å². The van der Waals surface area contributed by atoms with Crippen LogP contribution in [0.4, 0.5) is 9.59 Å². The molecular weight excluding hydrogens is 452 g/mol. The van der Waals surface area contributed by atoms with Gasteiger partial charge in [-0.15, -0.1) is 0 Å². The van der Waals surface area contributed by atoms with E-state index in [0.29, 0.717) is 18.6 Å². The third-order valence-corrected chi connectivity index (χ3v) is 6.58. The van der Waals surface area contributed by atoms with Crippen LogP contribution in [0.1, 0.15) is 86.6 Å². The first-order chi connectivity index (χ1) is 15.8. The Labute approximate surface area is 209 Å². The largest absolute Gasteiger partial charge is 0.443 e. The fourth-order valence-electron chi connectivity index (χ4n) is 3.40. The highest BCUT2D eigenvalue weighted by atomic mass is 32.2. The molecule has 0 unspecified atom stereocenters. The van der Waals surface area contributed by atoms with Gasteiger partial charge in [0.1, 0.15) is 23.0 Å². The lowest BCUT2D eigenvalue weighted by atomic mass is 9.89. The topological polar surface area (TPSA) is 84.9 Å². The Bertz CT molecular complexity index is 789. The number of thioether (sulfide) groups is 1. The van der Waals surface area contributed by atoms with Gasteiger partial charge in [0.25, 0.3) is 0 Å². The molecule has 0 aromatic heterocycles. The van der Waals surface area contributed by atoms with Crippen molar-refractivity contribution in [2.24, 2.45) is 0 Å². The molecule has 0 aliphatic heterocycles. The summed E-state index contributed by atoms with van der Waals surface area (Å²) in [7, 11) is 0. The molecule has 1 N–H and O–H groups in total. The van der Waals surface area contributed by atoms with E-state index in [0.717, 1.165) is 29.7 Å². The van der Waals surface area contributed by atoms with E-state index in [9.17, 15) is 14.4 Å². The van der Waals surface area contributed by atoms with Gasteiger partial charge in [-0.3, -0.25) is 0 Å². The first-order valence-corrected chi connectivity index (χ1v) is 13.0. The molecule has 1 aromatic rings. The highest BCUT2D eigenvalue weighted by Gasteiger charge is 2.48. The van der Waals surface area contributed by atoms with E-state index < -0.39 is 28.9 Å². The minimum absolute atomic E-state index is 0.280. The molecule has 0 saturated carbocycles. The van der Waals surface area contributed by atoms with E-state index in [4.69, 9.17) is 9.47 Å². The van der Waals surface area contributed by atoms with Gasteiger partial charge in [-0.05, 0) is 59.9 Å². The average molecular weight is 495 g/mol. The quantitative estimate of drug-likeness (QED) is 0.295. The number of hydrazine groups is 1. The number of hydrogen-bond acceptors (Lipinski definition) is 6. The zero-order valence-electron chi connectivity index (χ0n) is 22.0. The van der Waals surface area contributed by atoms with Crippen molar-refractivity contribution >= 4 is 30.2 Å². The van der Waals surface area contributed by atoms with Crippen molar-refractivity contribution in [1.82, 2.24) is 10.4 Å². The number of aldehydes is 1. The van der Waals surface area contributed by atoms with Crippen LogP contribution in [0.3, 0.4) is 0 Å². The number of benzene rings is 1. The molecule has 0 saturated heterocycles. The second-order valence-corrected chi connectivity index (χ2v) is 11.5. The third-order valence-electron chi connectivity index (χ3n) is 5.04. The van der Waals surface area contributed by atoms with Gasteiger partial charge >= 0.3 is 12.2 Å². The molecule has 0 aliphatic rings. The summed E-state index contributed by atoms with van der Waals surface area (Å²) >= 11 is 1.60. The smallest absolute Gasteiger partial charge is 0.430 e. The summed E-state index contributed by atoms with van der Waals surface area (Å²) < 4.78 is 11.0. The summed E-state index contributed by atoms with van der Waals surface area (Å²) in [6, 6.07) is 9.97. The van der Waals surface area contributed by atoms with Gasteiger partial charge in [-0.25, -0.2) is 20.0 Å². The normalized spacial score (nSPS) is 14.5. The highest BCUT2D eigenvalue weighted by molar-refractivity contribution is 7.99. The Kier molecular flexibility index (Phi) is 11.4. The standard InChI is InChI=1S/C26H42N2O5S/c1-9-11-17-21(34-18-20-15-13-12-14-16-20)26(10-2,19-29)28(23(31)33-25(6,7)8)27-22(30)32-24(3,4)5/h12-16,19,21H,9-11,17-18H2,1-8H3,(H,27,30)/t21-,26+/m0/s1. The average Bonchev–Trinajstić information content (AvgIpc) is 2.73. The van der Waals surface area contributed by atoms with Crippen molar-refractivity contribution in [3.05, 3.63) is 35.9 Å². The molecule has 0 bridgehead atoms. The van der Waals surface area contributed by atoms with Crippen LogP contribution in [0.25, 0.3) is 0 Å². The monoisotopic (exact) mass is 494 g/mol. The van der Waals surface area contributed by atoms with Crippen molar-refractivity contribution in [2.45, 2.75) is 109 Å². The Morgan fingerprint density at radius 1 is 1.03 bits per heavy atom. The molecule has 192 valence electrons. The number of amides is 2. The summed E-state index contributed by atoms with van der Waals surface area (Å²) in [4.78, 5) is 38.9. The summed E-state index contributed by atoms with van der Waals surface area (Å²) in [5.41, 5.74) is 0.750. The van der Waals surface area contributed by atoms with Crippen LogP contribution < -0.4 is 5.43 Å². The van der Waals surface area contributed by atoms with Gasteiger partial charge < -0.3 is 14.3 Å². The molecule has 1 rings (SSSR count). The van der Waals surface area contributed by atoms with Crippen LogP contribution in [0.5, 0.6) is 0 Å². The molecule has 1 aromatic carbocycles. The first kappa shape index (κ1) is 29.8. The number of carbonyl (C=O) groups excluding carboxylic acids is 3. The number of rotatable bonds is 10. The van der Waals surface area contributed by atoms with Gasteiger partial charge in [-0.1, -0.05) is 57.0 Å². The Morgan fingerprint density at radius 3 is 2.09 bits per heavy atom. The third kappa shape index (κ3) is 9.57. The van der Waals surface area contributed by atoms with Crippen molar-refractivity contribution in [2.75, 3.05) is 0 Å². The first-order valence-electron chi connectivity index (χ1n) is 11.9. The second kappa shape index (κ2) is 13.0. The van der Waals surface area contributed by atoms with Gasteiger partial charge in [0.15, 0.2) is 0 Å². The van der Waals surface area contributed by atoms with E-state index in [1.54, 1.807) is 53.3 Å². The maximum atomic E-state index is 13.3. The Balaban J connectivity index is 3.41. The number of nitrogens with one attached hydrogen (secondary N) is 1. The summed E-state index contributed by atoms with van der Waals surface area (Å²) in [5.74, 6) is 0.666. The maximum absolute atomic E-state index is 13.3. The molecule has 2 amide bonds. The SMILES string of the molecule is CCCC[C@H](SCc1ccccc1)[C@](C=O)(CC)N(NC(=O)OC(C)(C)C)C(=O)OC(C)(C)C. The van der Waals surface area contributed by atoms with Crippen LogP contribution in [0.2, 0.25) is 0 Å². The van der Waals surface area contributed by atoms with E-state index in [2.05, 4.69) is 12.3 Å². The van der Waals surface area contributed by atoms with Gasteiger partial charge in [0.05, 0.1) is 0 Å².